The number of hydrogen-bond donors (Lipinski definition) is 0. The first-order chi connectivity index (χ1) is 17.3. The molecule has 5 aromatic carbocycles. The van der Waals surface area contributed by atoms with Crippen molar-refractivity contribution in [2.45, 2.75) is 0 Å². The first-order valence-corrected chi connectivity index (χ1v) is 12.7. The van der Waals surface area contributed by atoms with Crippen molar-refractivity contribution in [2.75, 3.05) is 4.90 Å². The van der Waals surface area contributed by atoms with Gasteiger partial charge in [0.1, 0.15) is 12.8 Å². The Labute approximate surface area is 211 Å². The molecule has 0 unspecified atom stereocenters. The van der Waals surface area contributed by atoms with E-state index >= 15 is 0 Å². The lowest BCUT2D eigenvalue weighted by molar-refractivity contribution is 1.33. The summed E-state index contributed by atoms with van der Waals surface area (Å²) in [6.07, 6.45) is 0. The monoisotopic (exact) mass is 465 g/mol. The van der Waals surface area contributed by atoms with Gasteiger partial charge in [0.15, 0.2) is 0 Å². The van der Waals surface area contributed by atoms with Crippen LogP contribution in [0.5, 0.6) is 0 Å². The zero-order chi connectivity index (χ0) is 23.6. The van der Waals surface area contributed by atoms with Crippen LogP contribution in [0, 0.1) is 0 Å². The van der Waals surface area contributed by atoms with Gasteiger partial charge >= 0.3 is 0 Å². The largest absolute Gasteiger partial charge is 0.301 e. The third-order valence-corrected chi connectivity index (χ3v) is 7.39. The molecule has 1 heterocycles. The van der Waals surface area contributed by atoms with E-state index in [0.29, 0.717) is 0 Å². The van der Waals surface area contributed by atoms with E-state index in [0.717, 1.165) is 5.69 Å². The summed E-state index contributed by atoms with van der Waals surface area (Å²) < 4.78 is 0. The molecule has 0 aliphatic heterocycles. The van der Waals surface area contributed by atoms with Crippen LogP contribution in [-0.2, 0) is 0 Å². The molecule has 0 bridgehead atoms. The molecule has 0 atom stereocenters. The molecule has 3 heteroatoms. The number of rotatable bonds is 5. The van der Waals surface area contributed by atoms with Gasteiger partial charge in [0.05, 0.1) is 5.69 Å². The van der Waals surface area contributed by atoms with Gasteiger partial charge in [0.2, 0.25) is 0 Å². The third kappa shape index (κ3) is 4.05. The zero-order valence-corrected chi connectivity index (χ0v) is 20.4. The van der Waals surface area contributed by atoms with Gasteiger partial charge in [0.25, 0.3) is 0 Å². The molecule has 35 heavy (non-hydrogen) atoms. The molecule has 0 aliphatic rings. The Bertz CT molecular complexity index is 1580. The highest BCUT2D eigenvalue weighted by molar-refractivity contribution is 7.15. The van der Waals surface area contributed by atoms with Crippen LogP contribution in [0.3, 0.4) is 0 Å². The summed E-state index contributed by atoms with van der Waals surface area (Å²) >= 11 is 1.80. The number of nitrogens with zero attached hydrogens (tertiary/aromatic N) is 1. The number of thiophene rings is 1. The van der Waals surface area contributed by atoms with Crippen molar-refractivity contribution < 1.29 is 0 Å². The number of hydrogen-bond acceptors (Lipinski definition) is 2. The molecule has 1 nitrogen and oxygen atoms in total. The first-order valence-electron chi connectivity index (χ1n) is 11.9. The van der Waals surface area contributed by atoms with E-state index in [2.05, 4.69) is 146 Å². The SMILES string of the molecule is Bc1ccc(-c2csc(N(c3ccccc3)c3cccc4ccccc34)c2-c2ccccc2)cc1. The van der Waals surface area contributed by atoms with E-state index in [9.17, 15) is 0 Å². The fraction of sp³-hybridized carbons (Fsp3) is 0. The lowest BCUT2D eigenvalue weighted by Crippen LogP contribution is -2.10. The number of benzene rings is 5. The number of para-hydroxylation sites is 1. The van der Waals surface area contributed by atoms with Gasteiger partial charge in [-0.3, -0.25) is 0 Å². The minimum atomic E-state index is 1.15. The minimum Gasteiger partial charge on any atom is -0.301 e. The molecular formula is C32H24BNS. The predicted molar refractivity (Wildman–Crippen MR) is 156 cm³/mol. The van der Waals surface area contributed by atoms with Crippen LogP contribution in [0.2, 0.25) is 0 Å². The molecule has 0 spiro atoms. The van der Waals surface area contributed by atoms with Gasteiger partial charge in [-0.15, -0.1) is 11.3 Å². The molecule has 0 N–H and O–H groups in total. The van der Waals surface area contributed by atoms with Crippen LogP contribution in [-0.4, -0.2) is 7.85 Å². The molecule has 0 saturated heterocycles. The smallest absolute Gasteiger partial charge is 0.139 e. The summed E-state index contributed by atoms with van der Waals surface area (Å²) in [5, 5.41) is 6.00. The van der Waals surface area contributed by atoms with Crippen molar-refractivity contribution in [3.63, 3.8) is 0 Å². The van der Waals surface area contributed by atoms with Crippen molar-refractivity contribution in [3.05, 3.63) is 133 Å². The Hall–Kier alpha value is -4.08. The maximum absolute atomic E-state index is 2.42. The standard InChI is InChI=1S/C32H24BNS/c33-26-20-18-24(19-21-26)29-22-35-32(31(29)25-11-3-1-4-12-25)34(27-14-5-2-6-15-27)30-17-9-13-23-10-7-8-16-28(23)30/h1-22H,33H2. The van der Waals surface area contributed by atoms with Gasteiger partial charge in [-0.1, -0.05) is 115 Å². The average molecular weight is 465 g/mol. The van der Waals surface area contributed by atoms with Crippen LogP contribution in [0.4, 0.5) is 16.4 Å². The summed E-state index contributed by atoms with van der Waals surface area (Å²) in [6.45, 7) is 0. The average Bonchev–Trinajstić information content (AvgIpc) is 3.35. The maximum atomic E-state index is 2.42. The third-order valence-electron chi connectivity index (χ3n) is 6.42. The predicted octanol–water partition coefficient (Wildman–Crippen LogP) is 7.96. The molecule has 1 aromatic heterocycles. The summed E-state index contributed by atoms with van der Waals surface area (Å²) in [7, 11) is 2.14. The van der Waals surface area contributed by atoms with Gasteiger partial charge in [-0.05, 0) is 34.7 Å². The normalized spacial score (nSPS) is 11.0. The minimum absolute atomic E-state index is 1.15. The molecule has 0 aliphatic carbocycles. The summed E-state index contributed by atoms with van der Waals surface area (Å²) in [5.74, 6) is 0. The van der Waals surface area contributed by atoms with E-state index in [1.165, 1.54) is 49.2 Å². The Morgan fingerprint density at radius 2 is 1.23 bits per heavy atom. The quantitative estimate of drug-likeness (QED) is 0.234. The van der Waals surface area contributed by atoms with Crippen molar-refractivity contribution >= 4 is 51.8 Å². The second-order valence-electron chi connectivity index (χ2n) is 8.73. The molecule has 0 amide bonds. The second kappa shape index (κ2) is 9.29. The summed E-state index contributed by atoms with van der Waals surface area (Å²) in [4.78, 5) is 2.42. The lowest BCUT2D eigenvalue weighted by Gasteiger charge is -2.27. The number of anilines is 3. The zero-order valence-electron chi connectivity index (χ0n) is 19.6. The Balaban J connectivity index is 1.66. The molecule has 0 fully saturated rings. The van der Waals surface area contributed by atoms with E-state index < -0.39 is 0 Å². The molecule has 0 saturated carbocycles. The van der Waals surface area contributed by atoms with Crippen LogP contribution >= 0.6 is 11.3 Å². The highest BCUT2D eigenvalue weighted by atomic mass is 32.1. The summed E-state index contributed by atoms with van der Waals surface area (Å²) in [6, 6.07) is 45.5. The van der Waals surface area contributed by atoms with Crippen molar-refractivity contribution in [2.24, 2.45) is 0 Å². The molecular weight excluding hydrogens is 441 g/mol. The van der Waals surface area contributed by atoms with Gasteiger partial charge < -0.3 is 4.90 Å². The van der Waals surface area contributed by atoms with Gasteiger partial charge in [0, 0.05) is 27.6 Å². The number of fused-ring (bicyclic) bond motifs is 1. The fourth-order valence-electron chi connectivity index (χ4n) is 4.69. The molecule has 166 valence electrons. The molecule has 6 rings (SSSR count). The fourth-order valence-corrected chi connectivity index (χ4v) is 5.83. The van der Waals surface area contributed by atoms with Crippen molar-refractivity contribution in [1.29, 1.82) is 0 Å². The maximum Gasteiger partial charge on any atom is 0.139 e. The first kappa shape index (κ1) is 21.5. The lowest BCUT2D eigenvalue weighted by atomic mass is 9.92. The Morgan fingerprint density at radius 3 is 2.00 bits per heavy atom. The van der Waals surface area contributed by atoms with Crippen LogP contribution in [0.25, 0.3) is 33.0 Å². The highest BCUT2D eigenvalue weighted by Gasteiger charge is 2.23. The Kier molecular flexibility index (Phi) is 5.69. The second-order valence-corrected chi connectivity index (χ2v) is 9.59. The van der Waals surface area contributed by atoms with E-state index in [1.54, 1.807) is 11.3 Å². The van der Waals surface area contributed by atoms with Crippen LogP contribution in [0.1, 0.15) is 0 Å². The van der Waals surface area contributed by atoms with Gasteiger partial charge in [-0.25, -0.2) is 0 Å². The Morgan fingerprint density at radius 1 is 0.571 bits per heavy atom. The van der Waals surface area contributed by atoms with E-state index in [4.69, 9.17) is 0 Å². The summed E-state index contributed by atoms with van der Waals surface area (Å²) in [5.41, 5.74) is 8.59. The van der Waals surface area contributed by atoms with Gasteiger partial charge in [-0.2, -0.15) is 0 Å². The van der Waals surface area contributed by atoms with E-state index in [1.807, 2.05) is 0 Å². The topological polar surface area (TPSA) is 3.24 Å². The van der Waals surface area contributed by atoms with Crippen LogP contribution < -0.4 is 10.4 Å². The van der Waals surface area contributed by atoms with Crippen molar-refractivity contribution in [1.82, 2.24) is 0 Å². The molecule has 0 radical (unpaired) electrons. The molecule has 6 aromatic rings. The van der Waals surface area contributed by atoms with Crippen molar-refractivity contribution in [3.8, 4) is 22.3 Å². The van der Waals surface area contributed by atoms with E-state index in [-0.39, 0.29) is 0 Å². The van der Waals surface area contributed by atoms with Crippen LogP contribution in [0.15, 0.2) is 133 Å². The highest BCUT2D eigenvalue weighted by Crippen LogP contribution is 2.50.